The largest absolute Gasteiger partial charge is 0.459 e. The Morgan fingerprint density at radius 1 is 0.923 bits per heavy atom. The highest BCUT2D eigenvalue weighted by molar-refractivity contribution is 5.98. The van der Waals surface area contributed by atoms with Gasteiger partial charge in [0, 0.05) is 18.0 Å². The van der Waals surface area contributed by atoms with Crippen molar-refractivity contribution in [2.45, 2.75) is 171 Å². The second-order valence-electron chi connectivity index (χ2n) is 17.9. The molecule has 0 bridgehead atoms. The molecule has 0 aromatic carbocycles. The number of carbonyl (C=O) groups excluding carboxylic acids is 3. The summed E-state index contributed by atoms with van der Waals surface area (Å²) >= 11 is 0. The molecule has 0 aromatic rings. The molecule has 0 radical (unpaired) electrons. The van der Waals surface area contributed by atoms with Crippen LogP contribution in [0.2, 0.25) is 0 Å². The van der Waals surface area contributed by atoms with Crippen molar-refractivity contribution in [1.29, 1.82) is 0 Å². The summed E-state index contributed by atoms with van der Waals surface area (Å²) in [5.74, 6) is 6.04. The van der Waals surface area contributed by atoms with Gasteiger partial charge in [0.2, 0.25) is 11.8 Å². The molecule has 8 aliphatic rings. The number of nitrogens with one attached hydrogen (secondary N) is 1. The van der Waals surface area contributed by atoms with Gasteiger partial charge in [-0.05, 0) is 126 Å². The third-order valence-electron chi connectivity index (χ3n) is 15.2. The molecule has 4 saturated carbocycles. The van der Waals surface area contributed by atoms with E-state index in [4.69, 9.17) is 15.2 Å². The van der Waals surface area contributed by atoms with E-state index in [9.17, 15) is 14.7 Å². The fraction of sp³-hybridized carbons (Fsp3) is 0.837. The number of esters is 1. The number of primary amides is 1. The first-order valence-electron chi connectivity index (χ1n) is 21.4. The van der Waals surface area contributed by atoms with Gasteiger partial charge in [-0.3, -0.25) is 19.3 Å². The van der Waals surface area contributed by atoms with Crippen molar-refractivity contribution >= 4 is 17.8 Å². The Labute approximate surface area is 310 Å². The summed E-state index contributed by atoms with van der Waals surface area (Å²) < 4.78 is 12.7. The summed E-state index contributed by atoms with van der Waals surface area (Å²) in [6.45, 7) is 0.324. The number of carbonyl (C=O) groups is 3. The second-order valence-corrected chi connectivity index (χ2v) is 17.9. The van der Waals surface area contributed by atoms with E-state index in [2.05, 4.69) is 28.1 Å². The van der Waals surface area contributed by atoms with E-state index in [1.807, 2.05) is 0 Å². The predicted octanol–water partition coefficient (Wildman–Crippen LogP) is 5.57. The molecule has 3 unspecified atom stereocenters. The second kappa shape index (κ2) is 15.7. The van der Waals surface area contributed by atoms with Crippen LogP contribution in [0.15, 0.2) is 11.6 Å². The smallest absolute Gasteiger partial charge is 0.324 e. The van der Waals surface area contributed by atoms with Crippen LogP contribution < -0.4 is 11.1 Å². The number of nitrogens with zero attached hydrogens (tertiary/aromatic N) is 1. The van der Waals surface area contributed by atoms with Gasteiger partial charge in [0.1, 0.15) is 12.1 Å². The minimum absolute atomic E-state index is 0.000265. The topological polar surface area (TPSA) is 131 Å². The molecule has 5 aliphatic carbocycles. The zero-order valence-electron chi connectivity index (χ0n) is 31.3. The van der Waals surface area contributed by atoms with Crippen molar-refractivity contribution in [2.75, 3.05) is 13.2 Å². The number of fused-ring (bicyclic) bond motifs is 3. The Morgan fingerprint density at radius 3 is 2.33 bits per heavy atom. The first-order valence-corrected chi connectivity index (χ1v) is 21.4. The van der Waals surface area contributed by atoms with Crippen LogP contribution in [-0.4, -0.2) is 77.4 Å². The molecule has 8 rings (SSSR count). The van der Waals surface area contributed by atoms with Gasteiger partial charge >= 0.3 is 5.97 Å². The lowest BCUT2D eigenvalue weighted by Crippen LogP contribution is -2.66. The van der Waals surface area contributed by atoms with Gasteiger partial charge in [0.05, 0.1) is 36.7 Å². The van der Waals surface area contributed by atoms with E-state index in [1.54, 1.807) is 0 Å². The number of hydrogen-bond acceptors (Lipinski definition) is 7. The molecule has 0 aromatic heterocycles. The fourth-order valence-corrected chi connectivity index (χ4v) is 13.1. The Hall–Kier alpha value is -2.41. The summed E-state index contributed by atoms with van der Waals surface area (Å²) in [4.78, 5) is 46.6. The minimum atomic E-state index is -1.12. The van der Waals surface area contributed by atoms with Crippen molar-refractivity contribution in [2.24, 2.45) is 46.7 Å². The molecule has 3 saturated heterocycles. The van der Waals surface area contributed by atoms with Crippen LogP contribution >= 0.6 is 0 Å². The highest BCUT2D eigenvalue weighted by Crippen LogP contribution is 2.63. The third-order valence-corrected chi connectivity index (χ3v) is 15.2. The third kappa shape index (κ3) is 6.55. The maximum Gasteiger partial charge on any atom is 0.324 e. The Morgan fingerprint density at radius 2 is 1.65 bits per heavy atom. The number of aliphatic hydroxyl groups excluding tert-OH is 1. The molecule has 9 atom stereocenters. The van der Waals surface area contributed by atoms with Gasteiger partial charge in [-0.25, -0.2) is 0 Å². The van der Waals surface area contributed by atoms with Gasteiger partial charge in [-0.1, -0.05) is 56.4 Å². The summed E-state index contributed by atoms with van der Waals surface area (Å²) in [5, 5.41) is 12.9. The van der Waals surface area contributed by atoms with E-state index in [-0.39, 0.29) is 66.6 Å². The van der Waals surface area contributed by atoms with Gasteiger partial charge in [0.25, 0.3) is 0 Å². The lowest BCUT2D eigenvalue weighted by atomic mass is 9.55. The van der Waals surface area contributed by atoms with Crippen LogP contribution in [0, 0.1) is 52.8 Å². The molecule has 4 N–H and O–H groups in total. The first kappa shape index (κ1) is 36.6. The van der Waals surface area contributed by atoms with Crippen LogP contribution in [-0.2, 0) is 23.9 Å². The molecule has 7 fully saturated rings. The Kier molecular flexibility index (Phi) is 11.1. The van der Waals surface area contributed by atoms with E-state index >= 15 is 4.79 Å². The van der Waals surface area contributed by atoms with Crippen molar-refractivity contribution in [3.63, 3.8) is 0 Å². The molecule has 9 heteroatoms. The number of nitrogens with two attached hydrogens (primary N) is 1. The number of rotatable bonds is 7. The molecule has 52 heavy (non-hydrogen) atoms. The van der Waals surface area contributed by atoms with Gasteiger partial charge in [-0.2, -0.15) is 0 Å². The highest BCUT2D eigenvalue weighted by Gasteiger charge is 2.77. The molecule has 3 heterocycles. The molecule has 286 valence electrons. The van der Waals surface area contributed by atoms with E-state index in [0.717, 1.165) is 109 Å². The first-order chi connectivity index (χ1) is 25.4. The fourth-order valence-electron chi connectivity index (χ4n) is 13.1. The molecular formula is C43H63N3O6. The number of ether oxygens (including phenoxy) is 2. The standard InChI is InChI=1S/C43H63N3O6/c44-40(48)35-37-41(49)52-38(30-14-8-3-9-15-30)36(29-12-6-2-7-13-29)46(37)39(31-19-21-32(22-20-31)51-25-24-47)43(35)33-26-28(18-23-34(33)45-42(43)50)17-16-27-10-4-1-5-11-27/h10,28-39,47H,1-9,11-15,18-26H2,(H2,44,48)(H,45,50)/t28?,31?,32?,33?,34?,35-,36-,37-,38+,39+,43-/m1/s1. The van der Waals surface area contributed by atoms with Crippen molar-refractivity contribution in [3.05, 3.63) is 11.6 Å². The van der Waals surface area contributed by atoms with E-state index in [1.165, 1.54) is 31.3 Å². The minimum Gasteiger partial charge on any atom is -0.459 e. The summed E-state index contributed by atoms with van der Waals surface area (Å²) in [5.41, 5.74) is 6.65. The van der Waals surface area contributed by atoms with Crippen LogP contribution in [0.3, 0.4) is 0 Å². The van der Waals surface area contributed by atoms with Crippen LogP contribution in [0.25, 0.3) is 0 Å². The maximum atomic E-state index is 15.2. The van der Waals surface area contributed by atoms with Gasteiger partial charge in [0.15, 0.2) is 0 Å². The Balaban J connectivity index is 1.24. The zero-order chi connectivity index (χ0) is 35.8. The van der Waals surface area contributed by atoms with Crippen LogP contribution in [0.5, 0.6) is 0 Å². The van der Waals surface area contributed by atoms with Gasteiger partial charge < -0.3 is 25.6 Å². The van der Waals surface area contributed by atoms with Crippen molar-refractivity contribution in [1.82, 2.24) is 10.2 Å². The average molecular weight is 718 g/mol. The molecule has 9 nitrogen and oxygen atoms in total. The number of allylic oxidation sites excluding steroid dienone is 2. The number of amides is 2. The monoisotopic (exact) mass is 717 g/mol. The SMILES string of the molecule is NC(=O)[C@H]1[C@@H]2C(=O)O[C@@H](C3CCCCC3)[C@@H](C3CCCCC3)N2[C@@H](C2CCC(OCCO)CC2)[C@]12C(=O)NC1CCC(C#CC3=CCCCC3)CC12. The highest BCUT2D eigenvalue weighted by atomic mass is 16.6. The predicted molar refractivity (Wildman–Crippen MR) is 197 cm³/mol. The number of aliphatic hydroxyl groups is 1. The van der Waals surface area contributed by atoms with Crippen LogP contribution in [0.1, 0.15) is 135 Å². The number of morpholine rings is 1. The van der Waals surface area contributed by atoms with Crippen molar-refractivity contribution < 1.29 is 29.0 Å². The molecule has 2 amide bonds. The lowest BCUT2D eigenvalue weighted by molar-refractivity contribution is -0.190. The van der Waals surface area contributed by atoms with E-state index < -0.39 is 23.3 Å². The molecule has 3 aliphatic heterocycles. The number of hydrogen-bond donors (Lipinski definition) is 3. The van der Waals surface area contributed by atoms with E-state index in [0.29, 0.717) is 18.4 Å². The normalized spacial score (nSPS) is 41.7. The lowest BCUT2D eigenvalue weighted by Gasteiger charge is -2.54. The summed E-state index contributed by atoms with van der Waals surface area (Å²) in [6.07, 6.45) is 23.9. The Bertz CT molecular complexity index is 1420. The van der Waals surface area contributed by atoms with Crippen molar-refractivity contribution in [3.8, 4) is 11.8 Å². The average Bonchev–Trinajstić information content (AvgIpc) is 3.66. The van der Waals surface area contributed by atoms with Gasteiger partial charge in [-0.15, -0.1) is 0 Å². The van der Waals surface area contributed by atoms with Crippen LogP contribution in [0.4, 0.5) is 0 Å². The summed E-state index contributed by atoms with van der Waals surface area (Å²) in [7, 11) is 0. The zero-order valence-corrected chi connectivity index (χ0v) is 31.3. The number of cyclic esters (lactones) is 1. The molecular weight excluding hydrogens is 654 g/mol. The quantitative estimate of drug-likeness (QED) is 0.232. The summed E-state index contributed by atoms with van der Waals surface area (Å²) in [6, 6.07) is -1.22. The molecule has 1 spiro atoms. The maximum absolute atomic E-state index is 15.2.